The van der Waals surface area contributed by atoms with Crippen LogP contribution in [0.3, 0.4) is 0 Å². The van der Waals surface area contributed by atoms with Crippen molar-refractivity contribution in [2.24, 2.45) is 5.92 Å². The molecule has 1 unspecified atom stereocenters. The van der Waals surface area contributed by atoms with Gasteiger partial charge in [0, 0.05) is 6.42 Å². The Morgan fingerprint density at radius 2 is 1.89 bits per heavy atom. The average Bonchev–Trinajstić information content (AvgIpc) is 2.92. The van der Waals surface area contributed by atoms with Crippen molar-refractivity contribution in [1.29, 1.82) is 0 Å². The zero-order valence-electron chi connectivity index (χ0n) is 11.5. The number of hydrogen-bond donors (Lipinski definition) is 1. The number of rotatable bonds is 3. The van der Waals surface area contributed by atoms with Gasteiger partial charge in [0.05, 0.1) is 6.04 Å². The fourth-order valence-corrected chi connectivity index (χ4v) is 3.63. The number of carbonyl (C=O) groups excluding carboxylic acids is 1. The second kappa shape index (κ2) is 5.77. The second-order valence-electron chi connectivity index (χ2n) is 6.07. The smallest absolute Gasteiger partial charge is 0.220 e. The topological polar surface area (TPSA) is 29.1 Å². The molecule has 1 amide bonds. The average molecular weight is 257 g/mol. The number of nitrogens with one attached hydrogen (secondary N) is 1. The third-order valence-corrected chi connectivity index (χ3v) is 4.65. The van der Waals surface area contributed by atoms with Crippen molar-refractivity contribution in [2.75, 3.05) is 0 Å². The molecule has 2 heteroatoms. The minimum absolute atomic E-state index is 0.249. The molecular weight excluding hydrogens is 234 g/mol. The van der Waals surface area contributed by atoms with Crippen LogP contribution in [0.4, 0.5) is 0 Å². The molecule has 0 bridgehead atoms. The quantitative estimate of drug-likeness (QED) is 0.877. The van der Waals surface area contributed by atoms with Gasteiger partial charge in [-0.05, 0) is 49.1 Å². The summed E-state index contributed by atoms with van der Waals surface area (Å²) in [4.78, 5) is 12.2. The van der Waals surface area contributed by atoms with E-state index < -0.39 is 0 Å². The van der Waals surface area contributed by atoms with Gasteiger partial charge < -0.3 is 5.32 Å². The van der Waals surface area contributed by atoms with Gasteiger partial charge in [-0.2, -0.15) is 0 Å². The molecule has 0 aliphatic heterocycles. The largest absolute Gasteiger partial charge is 0.349 e. The van der Waals surface area contributed by atoms with Crippen molar-refractivity contribution in [1.82, 2.24) is 5.32 Å². The summed E-state index contributed by atoms with van der Waals surface area (Å²) in [5, 5.41) is 3.26. The molecule has 3 rings (SSSR count). The lowest BCUT2D eigenvalue weighted by atomic mass is 9.87. The number of carbonyl (C=O) groups is 1. The second-order valence-corrected chi connectivity index (χ2v) is 6.07. The zero-order valence-corrected chi connectivity index (χ0v) is 11.5. The van der Waals surface area contributed by atoms with E-state index in [1.54, 1.807) is 0 Å². The van der Waals surface area contributed by atoms with E-state index >= 15 is 0 Å². The van der Waals surface area contributed by atoms with Gasteiger partial charge in [0.15, 0.2) is 0 Å². The summed E-state index contributed by atoms with van der Waals surface area (Å²) in [5.74, 6) is 0.896. The Hall–Kier alpha value is -1.31. The van der Waals surface area contributed by atoms with Crippen LogP contribution in [0.5, 0.6) is 0 Å². The number of benzene rings is 1. The van der Waals surface area contributed by atoms with Crippen molar-refractivity contribution < 1.29 is 4.79 Å². The van der Waals surface area contributed by atoms with Crippen molar-refractivity contribution in [3.05, 3.63) is 35.4 Å². The first-order valence-electron chi connectivity index (χ1n) is 7.70. The predicted octanol–water partition coefficient (Wildman–Crippen LogP) is 3.76. The van der Waals surface area contributed by atoms with Crippen molar-refractivity contribution in [2.45, 2.75) is 57.4 Å². The van der Waals surface area contributed by atoms with Gasteiger partial charge in [-0.1, -0.05) is 37.1 Å². The Morgan fingerprint density at radius 1 is 1.11 bits per heavy atom. The van der Waals surface area contributed by atoms with Crippen LogP contribution in [-0.2, 0) is 11.2 Å². The molecule has 0 spiro atoms. The van der Waals surface area contributed by atoms with E-state index in [0.717, 1.165) is 19.3 Å². The van der Waals surface area contributed by atoms with Crippen LogP contribution in [0.1, 0.15) is 62.1 Å². The lowest BCUT2D eigenvalue weighted by Gasteiger charge is -2.26. The fourth-order valence-electron chi connectivity index (χ4n) is 3.63. The molecular formula is C17H23NO. The van der Waals surface area contributed by atoms with E-state index in [2.05, 4.69) is 29.6 Å². The molecule has 1 aromatic carbocycles. The van der Waals surface area contributed by atoms with Gasteiger partial charge in [0.2, 0.25) is 5.91 Å². The zero-order chi connectivity index (χ0) is 13.1. The van der Waals surface area contributed by atoms with Crippen molar-refractivity contribution in [3.8, 4) is 0 Å². The molecule has 0 aromatic heterocycles. The lowest BCUT2D eigenvalue weighted by molar-refractivity contribution is -0.122. The first-order chi connectivity index (χ1) is 9.33. The van der Waals surface area contributed by atoms with E-state index in [1.165, 1.54) is 43.2 Å². The van der Waals surface area contributed by atoms with Crippen molar-refractivity contribution in [3.63, 3.8) is 0 Å². The molecule has 102 valence electrons. The van der Waals surface area contributed by atoms with Crippen LogP contribution in [0.25, 0.3) is 0 Å². The number of hydrogen-bond acceptors (Lipinski definition) is 1. The molecule has 1 atom stereocenters. The third-order valence-electron chi connectivity index (χ3n) is 4.65. The van der Waals surface area contributed by atoms with Gasteiger partial charge in [-0.15, -0.1) is 0 Å². The maximum absolute atomic E-state index is 12.2. The molecule has 1 saturated carbocycles. The van der Waals surface area contributed by atoms with Crippen LogP contribution in [0, 0.1) is 5.92 Å². The summed E-state index contributed by atoms with van der Waals surface area (Å²) in [6.07, 6.45) is 9.28. The predicted molar refractivity (Wildman–Crippen MR) is 76.8 cm³/mol. The van der Waals surface area contributed by atoms with Gasteiger partial charge >= 0.3 is 0 Å². The summed E-state index contributed by atoms with van der Waals surface area (Å²) >= 11 is 0. The summed E-state index contributed by atoms with van der Waals surface area (Å²) in [6.45, 7) is 0. The standard InChI is InChI=1S/C17H23NO/c19-17(12-13-6-1-2-7-13)18-16-11-5-9-14-8-3-4-10-15(14)16/h3-4,8,10,13,16H,1-2,5-7,9,11-12H2,(H,18,19). The number of aryl methyl sites for hydroxylation is 1. The summed E-state index contributed by atoms with van der Waals surface area (Å²) in [7, 11) is 0. The Labute approximate surface area is 115 Å². The molecule has 1 fully saturated rings. The van der Waals surface area contributed by atoms with Gasteiger partial charge in [-0.3, -0.25) is 4.79 Å². The number of fused-ring (bicyclic) bond motifs is 1. The molecule has 2 aliphatic rings. The van der Waals surface area contributed by atoms with E-state index in [9.17, 15) is 4.79 Å². The molecule has 1 N–H and O–H groups in total. The van der Waals surface area contributed by atoms with Crippen molar-refractivity contribution >= 4 is 5.91 Å². The van der Waals surface area contributed by atoms with Crippen LogP contribution in [0.15, 0.2) is 24.3 Å². The highest BCUT2D eigenvalue weighted by molar-refractivity contribution is 5.76. The molecule has 0 saturated heterocycles. The number of amides is 1. The summed E-state index contributed by atoms with van der Waals surface area (Å²) < 4.78 is 0. The third kappa shape index (κ3) is 2.99. The highest BCUT2D eigenvalue weighted by atomic mass is 16.1. The highest BCUT2D eigenvalue weighted by Gasteiger charge is 2.23. The Kier molecular flexibility index (Phi) is 3.86. The van der Waals surface area contributed by atoms with Crippen LogP contribution in [-0.4, -0.2) is 5.91 Å². The molecule has 2 aliphatic carbocycles. The first kappa shape index (κ1) is 12.7. The lowest BCUT2D eigenvalue weighted by Crippen LogP contribution is -2.31. The fraction of sp³-hybridized carbons (Fsp3) is 0.588. The summed E-state index contributed by atoms with van der Waals surface area (Å²) in [5.41, 5.74) is 2.76. The SMILES string of the molecule is O=C(CC1CCCC1)NC1CCCc2ccccc21. The minimum atomic E-state index is 0.249. The van der Waals surface area contributed by atoms with E-state index in [4.69, 9.17) is 0 Å². The first-order valence-corrected chi connectivity index (χ1v) is 7.70. The van der Waals surface area contributed by atoms with Crippen LogP contribution < -0.4 is 5.32 Å². The Bertz CT molecular complexity index is 448. The van der Waals surface area contributed by atoms with E-state index in [-0.39, 0.29) is 11.9 Å². The monoisotopic (exact) mass is 257 g/mol. The normalized spacial score (nSPS) is 23.1. The molecule has 19 heavy (non-hydrogen) atoms. The summed E-state index contributed by atoms with van der Waals surface area (Å²) in [6, 6.07) is 8.81. The Morgan fingerprint density at radius 3 is 2.74 bits per heavy atom. The maximum atomic E-state index is 12.2. The maximum Gasteiger partial charge on any atom is 0.220 e. The molecule has 0 heterocycles. The molecule has 1 aromatic rings. The Balaban J connectivity index is 1.62. The molecule has 2 nitrogen and oxygen atoms in total. The van der Waals surface area contributed by atoms with Gasteiger partial charge in [-0.25, -0.2) is 0 Å². The highest BCUT2D eigenvalue weighted by Crippen LogP contribution is 2.31. The minimum Gasteiger partial charge on any atom is -0.349 e. The van der Waals surface area contributed by atoms with E-state index in [1.807, 2.05) is 0 Å². The van der Waals surface area contributed by atoms with Gasteiger partial charge in [0.25, 0.3) is 0 Å². The van der Waals surface area contributed by atoms with E-state index in [0.29, 0.717) is 5.92 Å². The van der Waals surface area contributed by atoms with Crippen LogP contribution >= 0.6 is 0 Å². The molecule has 0 radical (unpaired) electrons. The van der Waals surface area contributed by atoms with Gasteiger partial charge in [0.1, 0.15) is 0 Å². The van der Waals surface area contributed by atoms with Crippen LogP contribution in [0.2, 0.25) is 0 Å².